The maximum Gasteiger partial charge on any atom is 0.280 e. The Morgan fingerprint density at radius 1 is 1.33 bits per heavy atom. The second-order valence-electron chi connectivity index (χ2n) is 4.67. The highest BCUT2D eigenvalue weighted by atomic mass is 32.2. The first-order chi connectivity index (χ1) is 8.42. The van der Waals surface area contributed by atoms with E-state index < -0.39 is 10.2 Å². The quantitative estimate of drug-likeness (QED) is 0.551. The van der Waals surface area contributed by atoms with Crippen molar-refractivity contribution in [2.45, 2.75) is 13.8 Å². The fourth-order valence-electron chi connectivity index (χ4n) is 1.51. The molecule has 7 nitrogen and oxygen atoms in total. The maximum atomic E-state index is 11.8. The first kappa shape index (κ1) is 15.4. The molecule has 1 saturated heterocycles. The number of rotatable bonds is 6. The maximum absolute atomic E-state index is 11.8. The van der Waals surface area contributed by atoms with Crippen LogP contribution in [0.4, 0.5) is 0 Å². The molecule has 1 heterocycles. The van der Waals surface area contributed by atoms with Crippen molar-refractivity contribution in [3.05, 3.63) is 0 Å². The summed E-state index contributed by atoms with van der Waals surface area (Å²) in [6.07, 6.45) is 0. The zero-order valence-corrected chi connectivity index (χ0v) is 11.7. The molecule has 0 aromatic carbocycles. The summed E-state index contributed by atoms with van der Waals surface area (Å²) in [5.41, 5.74) is 0. The molecule has 0 aliphatic carbocycles. The minimum Gasteiger partial charge on any atom is -0.355 e. The van der Waals surface area contributed by atoms with Gasteiger partial charge in [0.15, 0.2) is 0 Å². The number of piperazine rings is 1. The van der Waals surface area contributed by atoms with Gasteiger partial charge in [-0.1, -0.05) is 13.8 Å². The zero-order chi connectivity index (χ0) is 13.6. The molecule has 3 N–H and O–H groups in total. The van der Waals surface area contributed by atoms with Crippen LogP contribution in [0.5, 0.6) is 0 Å². The SMILES string of the molecule is CC(C)CNC(=O)CNS(=O)(=O)N1CCNCC1. The third-order valence-corrected chi connectivity index (χ3v) is 4.09. The van der Waals surface area contributed by atoms with Gasteiger partial charge in [0.2, 0.25) is 5.91 Å². The van der Waals surface area contributed by atoms with Crippen LogP contribution in [0.1, 0.15) is 13.8 Å². The Morgan fingerprint density at radius 3 is 2.50 bits per heavy atom. The van der Waals surface area contributed by atoms with E-state index in [4.69, 9.17) is 0 Å². The topological polar surface area (TPSA) is 90.5 Å². The Balaban J connectivity index is 2.34. The molecule has 18 heavy (non-hydrogen) atoms. The van der Waals surface area contributed by atoms with Gasteiger partial charge in [-0.2, -0.15) is 17.4 Å². The van der Waals surface area contributed by atoms with Crippen molar-refractivity contribution < 1.29 is 13.2 Å². The van der Waals surface area contributed by atoms with Gasteiger partial charge in [-0.25, -0.2) is 0 Å². The molecular formula is C10H22N4O3S. The lowest BCUT2D eigenvalue weighted by molar-refractivity contribution is -0.120. The number of amides is 1. The number of nitrogens with one attached hydrogen (secondary N) is 3. The molecular weight excluding hydrogens is 256 g/mol. The van der Waals surface area contributed by atoms with Crippen molar-refractivity contribution in [3.63, 3.8) is 0 Å². The average molecular weight is 278 g/mol. The lowest BCUT2D eigenvalue weighted by atomic mass is 10.2. The smallest absolute Gasteiger partial charge is 0.280 e. The highest BCUT2D eigenvalue weighted by molar-refractivity contribution is 7.87. The molecule has 1 aliphatic rings. The van der Waals surface area contributed by atoms with E-state index >= 15 is 0 Å². The van der Waals surface area contributed by atoms with Gasteiger partial charge in [0.1, 0.15) is 0 Å². The average Bonchev–Trinajstić information content (AvgIpc) is 2.35. The molecule has 0 aromatic rings. The molecule has 1 amide bonds. The van der Waals surface area contributed by atoms with E-state index in [9.17, 15) is 13.2 Å². The van der Waals surface area contributed by atoms with E-state index in [0.29, 0.717) is 38.6 Å². The van der Waals surface area contributed by atoms with Gasteiger partial charge >= 0.3 is 0 Å². The van der Waals surface area contributed by atoms with Crippen LogP contribution in [0.3, 0.4) is 0 Å². The Morgan fingerprint density at radius 2 is 1.94 bits per heavy atom. The molecule has 0 unspecified atom stereocenters. The normalized spacial score (nSPS) is 17.9. The largest absolute Gasteiger partial charge is 0.355 e. The van der Waals surface area contributed by atoms with Crippen molar-refractivity contribution in [3.8, 4) is 0 Å². The predicted octanol–water partition coefficient (Wildman–Crippen LogP) is -1.50. The van der Waals surface area contributed by atoms with Crippen molar-refractivity contribution in [1.82, 2.24) is 19.7 Å². The van der Waals surface area contributed by atoms with Gasteiger partial charge in [0.05, 0.1) is 6.54 Å². The van der Waals surface area contributed by atoms with E-state index in [1.165, 1.54) is 4.31 Å². The molecule has 0 spiro atoms. The summed E-state index contributed by atoms with van der Waals surface area (Å²) in [4.78, 5) is 11.4. The Kier molecular flexibility index (Phi) is 6.00. The number of carbonyl (C=O) groups excluding carboxylic acids is 1. The van der Waals surface area contributed by atoms with Crippen molar-refractivity contribution in [2.24, 2.45) is 5.92 Å². The van der Waals surface area contributed by atoms with E-state index in [1.807, 2.05) is 13.8 Å². The summed E-state index contributed by atoms with van der Waals surface area (Å²) in [6.45, 7) is 6.44. The van der Waals surface area contributed by atoms with Crippen LogP contribution >= 0.6 is 0 Å². The van der Waals surface area contributed by atoms with E-state index in [1.54, 1.807) is 0 Å². The molecule has 1 fully saturated rings. The summed E-state index contributed by atoms with van der Waals surface area (Å²) >= 11 is 0. The van der Waals surface area contributed by atoms with E-state index in [2.05, 4.69) is 15.4 Å². The summed E-state index contributed by atoms with van der Waals surface area (Å²) in [5, 5.41) is 5.73. The standard InChI is InChI=1S/C10H22N4O3S/c1-9(2)7-12-10(15)8-13-18(16,17)14-5-3-11-4-6-14/h9,11,13H,3-8H2,1-2H3,(H,12,15). The highest BCUT2D eigenvalue weighted by Crippen LogP contribution is 1.99. The number of hydrogen-bond acceptors (Lipinski definition) is 4. The molecule has 8 heteroatoms. The van der Waals surface area contributed by atoms with Gasteiger partial charge < -0.3 is 10.6 Å². The van der Waals surface area contributed by atoms with Gasteiger partial charge in [-0.05, 0) is 5.92 Å². The van der Waals surface area contributed by atoms with Crippen molar-refractivity contribution in [2.75, 3.05) is 39.3 Å². The Labute approximate surface area is 108 Å². The molecule has 0 radical (unpaired) electrons. The zero-order valence-electron chi connectivity index (χ0n) is 10.9. The fraction of sp³-hybridized carbons (Fsp3) is 0.900. The van der Waals surface area contributed by atoms with Gasteiger partial charge in [-0.3, -0.25) is 4.79 Å². The van der Waals surface area contributed by atoms with Crippen LogP contribution in [-0.2, 0) is 15.0 Å². The molecule has 0 atom stereocenters. The molecule has 1 rings (SSSR count). The minimum atomic E-state index is -3.53. The molecule has 1 aliphatic heterocycles. The van der Waals surface area contributed by atoms with E-state index in [0.717, 1.165) is 0 Å². The Bertz CT molecular complexity index is 363. The van der Waals surface area contributed by atoms with E-state index in [-0.39, 0.29) is 12.5 Å². The lowest BCUT2D eigenvalue weighted by Gasteiger charge is -2.26. The third kappa shape index (κ3) is 5.30. The van der Waals surface area contributed by atoms with Crippen molar-refractivity contribution in [1.29, 1.82) is 0 Å². The minimum absolute atomic E-state index is 0.209. The third-order valence-electron chi connectivity index (χ3n) is 2.54. The first-order valence-electron chi connectivity index (χ1n) is 6.14. The predicted molar refractivity (Wildman–Crippen MR) is 69.2 cm³/mol. The van der Waals surface area contributed by atoms with Crippen LogP contribution in [0.2, 0.25) is 0 Å². The number of hydrogen-bond donors (Lipinski definition) is 3. The fourth-order valence-corrected chi connectivity index (χ4v) is 2.67. The second kappa shape index (κ2) is 7.03. The summed E-state index contributed by atoms with van der Waals surface area (Å²) in [5.74, 6) is 0.0427. The summed E-state index contributed by atoms with van der Waals surface area (Å²) < 4.78 is 27.3. The van der Waals surface area contributed by atoms with Crippen LogP contribution in [0.15, 0.2) is 0 Å². The summed E-state index contributed by atoms with van der Waals surface area (Å²) in [6, 6.07) is 0. The first-order valence-corrected chi connectivity index (χ1v) is 7.58. The monoisotopic (exact) mass is 278 g/mol. The van der Waals surface area contributed by atoms with Gasteiger partial charge in [-0.15, -0.1) is 0 Å². The number of nitrogens with zero attached hydrogens (tertiary/aromatic N) is 1. The van der Waals surface area contributed by atoms with Crippen LogP contribution in [0.25, 0.3) is 0 Å². The molecule has 0 aromatic heterocycles. The van der Waals surface area contributed by atoms with Gasteiger partial charge in [0.25, 0.3) is 10.2 Å². The van der Waals surface area contributed by atoms with Crippen molar-refractivity contribution >= 4 is 16.1 Å². The van der Waals surface area contributed by atoms with Crippen LogP contribution in [0, 0.1) is 5.92 Å². The highest BCUT2D eigenvalue weighted by Gasteiger charge is 2.23. The molecule has 0 bridgehead atoms. The van der Waals surface area contributed by atoms with Gasteiger partial charge in [0, 0.05) is 32.7 Å². The number of carbonyl (C=O) groups is 1. The van der Waals surface area contributed by atoms with Crippen LogP contribution < -0.4 is 15.4 Å². The molecule has 106 valence electrons. The second-order valence-corrected chi connectivity index (χ2v) is 6.43. The lowest BCUT2D eigenvalue weighted by Crippen LogP contribution is -2.52. The van der Waals surface area contributed by atoms with Crippen LogP contribution in [-0.4, -0.2) is 57.9 Å². The Hall–Kier alpha value is -0.700. The molecule has 0 saturated carbocycles. The summed E-state index contributed by atoms with van der Waals surface area (Å²) in [7, 11) is -3.53.